The molecule has 0 amide bonds. The van der Waals surface area contributed by atoms with Crippen molar-refractivity contribution in [1.29, 1.82) is 5.26 Å². The van der Waals surface area contributed by atoms with E-state index in [0.29, 0.717) is 10.3 Å². The van der Waals surface area contributed by atoms with Gasteiger partial charge in [-0.05, 0) is 11.4 Å². The van der Waals surface area contributed by atoms with Gasteiger partial charge in [-0.25, -0.2) is 0 Å². The minimum atomic E-state index is -1.52. The maximum atomic E-state index is 8.64. The predicted octanol–water partition coefficient (Wildman–Crippen LogP) is -0.700. The minimum absolute atomic E-state index is 0.308. The summed E-state index contributed by atoms with van der Waals surface area (Å²) in [6, 6.07) is 3.40. The summed E-state index contributed by atoms with van der Waals surface area (Å²) in [5.74, 6) is 0. The second kappa shape index (κ2) is 2.84. The molecule has 1 rings (SSSR count). The first-order valence-electron chi connectivity index (χ1n) is 2.59. The van der Waals surface area contributed by atoms with Crippen molar-refractivity contribution in [3.05, 3.63) is 17.0 Å². The number of hydrogen-bond donors (Lipinski definition) is 2. The van der Waals surface area contributed by atoms with Crippen LogP contribution in [0.4, 0.5) is 0 Å². The van der Waals surface area contributed by atoms with E-state index in [1.807, 2.05) is 6.07 Å². The van der Waals surface area contributed by atoms with Crippen LogP contribution in [-0.4, -0.2) is 17.2 Å². The molecule has 0 fully saturated rings. The molecule has 5 heteroatoms. The van der Waals surface area contributed by atoms with Gasteiger partial charge in [0.05, 0.1) is 16.4 Å². The molecule has 0 radical (unpaired) electrons. The molecule has 2 N–H and O–H groups in total. The van der Waals surface area contributed by atoms with E-state index in [1.54, 1.807) is 11.4 Å². The van der Waals surface area contributed by atoms with Gasteiger partial charge in [-0.15, -0.1) is 0 Å². The van der Waals surface area contributed by atoms with Crippen molar-refractivity contribution in [2.75, 3.05) is 0 Å². The SMILES string of the molecule is N#Cc1ccsc1B(O)O. The molecular formula is C5H4BNO2S. The average Bonchev–Trinajstić information content (AvgIpc) is 2.33. The van der Waals surface area contributed by atoms with Crippen molar-refractivity contribution in [3.63, 3.8) is 0 Å². The van der Waals surface area contributed by atoms with Gasteiger partial charge in [-0.1, -0.05) is 0 Å². The van der Waals surface area contributed by atoms with Crippen LogP contribution in [0, 0.1) is 11.3 Å². The van der Waals surface area contributed by atoms with Crippen molar-refractivity contribution in [1.82, 2.24) is 0 Å². The molecule has 50 valence electrons. The molecule has 0 saturated heterocycles. The third kappa shape index (κ3) is 1.19. The zero-order valence-electron chi connectivity index (χ0n) is 4.98. The fourth-order valence-corrected chi connectivity index (χ4v) is 1.33. The van der Waals surface area contributed by atoms with E-state index in [0.717, 1.165) is 11.3 Å². The number of thiophene rings is 1. The van der Waals surface area contributed by atoms with Gasteiger partial charge in [-0.3, -0.25) is 0 Å². The molecule has 1 heterocycles. The van der Waals surface area contributed by atoms with E-state index < -0.39 is 7.12 Å². The highest BCUT2D eigenvalue weighted by Crippen LogP contribution is 2.01. The van der Waals surface area contributed by atoms with Crippen molar-refractivity contribution in [2.24, 2.45) is 0 Å². The number of nitrogens with zero attached hydrogens (tertiary/aromatic N) is 1. The summed E-state index contributed by atoms with van der Waals surface area (Å²) in [4.78, 5) is 0. The van der Waals surface area contributed by atoms with Gasteiger partial charge in [0, 0.05) is 0 Å². The van der Waals surface area contributed by atoms with Crippen LogP contribution in [0.25, 0.3) is 0 Å². The molecule has 0 spiro atoms. The second-order valence-corrected chi connectivity index (χ2v) is 2.63. The fraction of sp³-hybridized carbons (Fsp3) is 0. The van der Waals surface area contributed by atoms with E-state index in [9.17, 15) is 0 Å². The Morgan fingerprint density at radius 1 is 1.60 bits per heavy atom. The van der Waals surface area contributed by atoms with Gasteiger partial charge in [0.25, 0.3) is 0 Å². The van der Waals surface area contributed by atoms with Crippen LogP contribution in [0.15, 0.2) is 11.4 Å². The second-order valence-electron chi connectivity index (χ2n) is 1.68. The van der Waals surface area contributed by atoms with Crippen molar-refractivity contribution in [3.8, 4) is 6.07 Å². The van der Waals surface area contributed by atoms with Crippen molar-refractivity contribution < 1.29 is 10.0 Å². The molecule has 0 bridgehead atoms. The van der Waals surface area contributed by atoms with Crippen molar-refractivity contribution >= 4 is 23.2 Å². The average molecular weight is 153 g/mol. The molecule has 10 heavy (non-hydrogen) atoms. The maximum Gasteiger partial charge on any atom is 0.500 e. The standard InChI is InChI=1S/C5H4BNO2S/c7-3-4-1-2-10-5(4)6(8)9/h1-2,8-9H. The number of rotatable bonds is 1. The zero-order chi connectivity index (χ0) is 7.56. The molecule has 1 aromatic rings. The Hall–Kier alpha value is -0.825. The Bertz CT molecular complexity index is 265. The molecule has 0 aliphatic heterocycles. The molecule has 0 aromatic carbocycles. The monoisotopic (exact) mass is 153 g/mol. The van der Waals surface area contributed by atoms with E-state index in [-0.39, 0.29) is 0 Å². The molecular weight excluding hydrogens is 149 g/mol. The first-order chi connectivity index (χ1) is 4.75. The summed E-state index contributed by atoms with van der Waals surface area (Å²) < 4.78 is 0.308. The Morgan fingerprint density at radius 3 is 2.70 bits per heavy atom. The molecule has 1 aromatic heterocycles. The summed E-state index contributed by atoms with van der Waals surface area (Å²) >= 11 is 1.16. The smallest absolute Gasteiger partial charge is 0.423 e. The van der Waals surface area contributed by atoms with Gasteiger partial charge in [0.15, 0.2) is 0 Å². The van der Waals surface area contributed by atoms with Crippen LogP contribution in [0.1, 0.15) is 5.56 Å². The zero-order valence-corrected chi connectivity index (χ0v) is 5.80. The van der Waals surface area contributed by atoms with Crippen LogP contribution < -0.4 is 4.78 Å². The third-order valence-corrected chi connectivity index (χ3v) is 2.01. The highest BCUT2D eigenvalue weighted by atomic mass is 32.1. The third-order valence-electron chi connectivity index (χ3n) is 1.05. The number of hydrogen-bond acceptors (Lipinski definition) is 4. The number of nitriles is 1. The fourth-order valence-electron chi connectivity index (χ4n) is 0.613. The lowest BCUT2D eigenvalue weighted by atomic mass is 9.87. The molecule has 0 aliphatic rings. The Kier molecular flexibility index (Phi) is 2.07. The molecule has 0 saturated carbocycles. The van der Waals surface area contributed by atoms with Crippen LogP contribution in [0.2, 0.25) is 0 Å². The predicted molar refractivity (Wildman–Crippen MR) is 38.9 cm³/mol. The summed E-state index contributed by atoms with van der Waals surface area (Å²) in [7, 11) is -1.52. The lowest BCUT2D eigenvalue weighted by molar-refractivity contribution is 0.427. The van der Waals surface area contributed by atoms with Gasteiger partial charge in [-0.2, -0.15) is 16.6 Å². The van der Waals surface area contributed by atoms with E-state index in [2.05, 4.69) is 0 Å². The van der Waals surface area contributed by atoms with Gasteiger partial charge in [0.1, 0.15) is 0 Å². The quantitative estimate of drug-likeness (QED) is 0.524. The maximum absolute atomic E-state index is 8.64. The van der Waals surface area contributed by atoms with Gasteiger partial charge in [0.2, 0.25) is 0 Å². The molecule has 0 aliphatic carbocycles. The van der Waals surface area contributed by atoms with Crippen LogP contribution in [0.5, 0.6) is 0 Å². The Morgan fingerprint density at radius 2 is 2.30 bits per heavy atom. The summed E-state index contributed by atoms with van der Waals surface area (Å²) in [5.41, 5.74) is 0.333. The lowest BCUT2D eigenvalue weighted by Gasteiger charge is -1.91. The Labute approximate surface area is 62.3 Å². The largest absolute Gasteiger partial charge is 0.500 e. The highest BCUT2D eigenvalue weighted by Gasteiger charge is 2.16. The van der Waals surface area contributed by atoms with Crippen LogP contribution in [0.3, 0.4) is 0 Å². The first-order valence-corrected chi connectivity index (χ1v) is 3.47. The molecule has 3 nitrogen and oxygen atoms in total. The van der Waals surface area contributed by atoms with E-state index >= 15 is 0 Å². The van der Waals surface area contributed by atoms with E-state index in [4.69, 9.17) is 15.3 Å². The summed E-state index contributed by atoms with van der Waals surface area (Å²) in [6.07, 6.45) is 0. The Balaban J connectivity index is 3.05. The van der Waals surface area contributed by atoms with Crippen LogP contribution in [-0.2, 0) is 0 Å². The molecule has 0 atom stereocenters. The molecule has 0 unspecified atom stereocenters. The minimum Gasteiger partial charge on any atom is -0.423 e. The van der Waals surface area contributed by atoms with E-state index in [1.165, 1.54) is 0 Å². The topological polar surface area (TPSA) is 64.2 Å². The lowest BCUT2D eigenvalue weighted by Crippen LogP contribution is -2.28. The van der Waals surface area contributed by atoms with Gasteiger partial charge >= 0.3 is 7.12 Å². The normalized spacial score (nSPS) is 8.90. The van der Waals surface area contributed by atoms with Gasteiger partial charge < -0.3 is 10.0 Å². The summed E-state index contributed by atoms with van der Waals surface area (Å²) in [5, 5.41) is 27.3. The first kappa shape index (κ1) is 7.28. The van der Waals surface area contributed by atoms with Crippen LogP contribution >= 0.6 is 11.3 Å². The summed E-state index contributed by atoms with van der Waals surface area (Å²) in [6.45, 7) is 0. The highest BCUT2D eigenvalue weighted by molar-refractivity contribution is 7.20. The van der Waals surface area contributed by atoms with Crippen molar-refractivity contribution in [2.45, 2.75) is 0 Å².